The molecule has 1 unspecified atom stereocenters. The van der Waals surface area contributed by atoms with Gasteiger partial charge in [-0.15, -0.1) is 0 Å². The third-order valence-electron chi connectivity index (χ3n) is 2.49. The van der Waals surface area contributed by atoms with Gasteiger partial charge in [-0.2, -0.15) is 8.78 Å². The van der Waals surface area contributed by atoms with Gasteiger partial charge in [0.25, 0.3) is 5.76 Å². The van der Waals surface area contributed by atoms with E-state index in [0.29, 0.717) is 29.8 Å². The zero-order valence-electron chi connectivity index (χ0n) is 10.1. The van der Waals surface area contributed by atoms with Crippen LogP contribution in [0.1, 0.15) is 18.4 Å². The molecular weight excluding hydrogens is 264 g/mol. The summed E-state index contributed by atoms with van der Waals surface area (Å²) in [4.78, 5) is 12.4. The molecule has 1 rings (SSSR count). The van der Waals surface area contributed by atoms with Crippen molar-refractivity contribution in [3.05, 3.63) is 23.7 Å². The summed E-state index contributed by atoms with van der Waals surface area (Å²) in [5, 5.41) is 8.82. The molecule has 18 heavy (non-hydrogen) atoms. The van der Waals surface area contributed by atoms with Gasteiger partial charge in [0.2, 0.25) is 0 Å². The Morgan fingerprint density at radius 3 is 2.67 bits per heavy atom. The van der Waals surface area contributed by atoms with Gasteiger partial charge >= 0.3 is 5.97 Å². The van der Waals surface area contributed by atoms with Crippen molar-refractivity contribution in [3.8, 4) is 0 Å². The van der Waals surface area contributed by atoms with Gasteiger partial charge in [-0.25, -0.2) is 0 Å². The second-order valence-corrected chi connectivity index (χ2v) is 4.85. The van der Waals surface area contributed by atoms with E-state index in [1.807, 2.05) is 0 Å². The Morgan fingerprint density at radius 1 is 1.50 bits per heavy atom. The Kier molecular flexibility index (Phi) is 5.61. The van der Waals surface area contributed by atoms with Crippen LogP contribution in [0, 0.1) is 0 Å². The molecule has 0 aliphatic carbocycles. The first-order valence-corrected chi connectivity index (χ1v) is 6.35. The monoisotopic (exact) mass is 279 g/mol. The molecule has 1 N–H and O–H groups in total. The Labute approximate surface area is 108 Å². The Hall–Kier alpha value is -1.08. The maximum atomic E-state index is 12.0. The number of carboxylic acids is 1. The van der Waals surface area contributed by atoms with Crippen molar-refractivity contribution in [2.45, 2.75) is 31.0 Å². The van der Waals surface area contributed by atoms with E-state index in [0.717, 1.165) is 0 Å². The standard InChI is InChI=1S/C11H15F2NO3S/c1-7(10(15)16)14(2)5-8-3-4-9(17-8)6-18-11(12)13/h3-4,7,11H,5-6H2,1-2H3,(H,15,16). The third-order valence-corrected chi connectivity index (χ3v) is 3.20. The fraction of sp³-hybridized carbons (Fsp3) is 0.545. The molecule has 0 amide bonds. The number of carboxylic acid groups (broad SMARTS) is 1. The maximum Gasteiger partial charge on any atom is 0.320 e. The van der Waals surface area contributed by atoms with Gasteiger partial charge in [0.15, 0.2) is 0 Å². The molecule has 0 aromatic carbocycles. The minimum atomic E-state index is -2.42. The second-order valence-electron chi connectivity index (χ2n) is 3.87. The van der Waals surface area contributed by atoms with Crippen LogP contribution in [0.2, 0.25) is 0 Å². The minimum absolute atomic E-state index is 0.107. The fourth-order valence-electron chi connectivity index (χ4n) is 1.30. The fourth-order valence-corrected chi connectivity index (χ4v) is 1.75. The van der Waals surface area contributed by atoms with Crippen LogP contribution in [0.4, 0.5) is 8.78 Å². The number of halogens is 2. The number of nitrogens with zero attached hydrogens (tertiary/aromatic N) is 1. The van der Waals surface area contributed by atoms with Gasteiger partial charge in [-0.3, -0.25) is 9.69 Å². The molecule has 4 nitrogen and oxygen atoms in total. The number of hydrogen-bond donors (Lipinski definition) is 1. The Bertz CT molecular complexity index is 397. The van der Waals surface area contributed by atoms with Crippen LogP contribution >= 0.6 is 11.8 Å². The first-order chi connectivity index (χ1) is 8.40. The lowest BCUT2D eigenvalue weighted by atomic mass is 10.3. The van der Waals surface area contributed by atoms with E-state index in [4.69, 9.17) is 9.52 Å². The van der Waals surface area contributed by atoms with E-state index < -0.39 is 17.8 Å². The molecule has 7 heteroatoms. The summed E-state index contributed by atoms with van der Waals surface area (Å²) in [6.07, 6.45) is 0. The molecule has 1 atom stereocenters. The van der Waals surface area contributed by atoms with Crippen molar-refractivity contribution in [2.75, 3.05) is 7.05 Å². The zero-order chi connectivity index (χ0) is 13.7. The molecule has 0 bridgehead atoms. The molecule has 1 aromatic heterocycles. The molecule has 0 radical (unpaired) electrons. The Balaban J connectivity index is 2.50. The second kappa shape index (κ2) is 6.75. The number of carbonyl (C=O) groups is 1. The van der Waals surface area contributed by atoms with E-state index in [-0.39, 0.29) is 5.75 Å². The summed E-state index contributed by atoms with van der Waals surface area (Å²) < 4.78 is 29.3. The molecule has 0 aliphatic rings. The molecule has 0 aliphatic heterocycles. The van der Waals surface area contributed by atoms with E-state index in [1.54, 1.807) is 31.0 Å². The van der Waals surface area contributed by atoms with Gasteiger partial charge in [-0.1, -0.05) is 11.8 Å². The highest BCUT2D eigenvalue weighted by molar-refractivity contribution is 7.98. The normalized spacial score (nSPS) is 13.2. The number of thioether (sulfide) groups is 1. The van der Waals surface area contributed by atoms with Gasteiger partial charge in [0.05, 0.1) is 12.3 Å². The zero-order valence-corrected chi connectivity index (χ0v) is 10.9. The lowest BCUT2D eigenvalue weighted by Gasteiger charge is -2.19. The lowest BCUT2D eigenvalue weighted by Crippen LogP contribution is -2.35. The quantitative estimate of drug-likeness (QED) is 0.831. The highest BCUT2D eigenvalue weighted by atomic mass is 32.2. The number of furan rings is 1. The van der Waals surface area contributed by atoms with Crippen LogP contribution in [0.5, 0.6) is 0 Å². The third kappa shape index (κ3) is 4.66. The van der Waals surface area contributed by atoms with Gasteiger partial charge < -0.3 is 9.52 Å². The topological polar surface area (TPSA) is 53.7 Å². The first-order valence-electron chi connectivity index (χ1n) is 5.30. The molecule has 1 aromatic rings. The van der Waals surface area contributed by atoms with Crippen LogP contribution in [0.25, 0.3) is 0 Å². The SMILES string of the molecule is CC(C(=O)O)N(C)Cc1ccc(CSC(F)F)o1. The van der Waals surface area contributed by atoms with Crippen molar-refractivity contribution in [3.63, 3.8) is 0 Å². The number of alkyl halides is 2. The number of hydrogen-bond acceptors (Lipinski definition) is 4. The van der Waals surface area contributed by atoms with Crippen molar-refractivity contribution >= 4 is 17.7 Å². The molecule has 0 saturated heterocycles. The summed E-state index contributed by atoms with van der Waals surface area (Å²) in [5.41, 5.74) is 0. The van der Waals surface area contributed by atoms with Crippen molar-refractivity contribution in [2.24, 2.45) is 0 Å². The number of rotatable bonds is 7. The molecule has 0 fully saturated rings. The van der Waals surface area contributed by atoms with Crippen molar-refractivity contribution < 1.29 is 23.1 Å². The number of likely N-dealkylation sites (N-methyl/N-ethyl adjacent to an activating group) is 1. The highest BCUT2D eigenvalue weighted by Crippen LogP contribution is 2.21. The van der Waals surface area contributed by atoms with Crippen LogP contribution in [-0.4, -0.2) is 34.8 Å². The minimum Gasteiger partial charge on any atom is -0.480 e. The molecule has 102 valence electrons. The van der Waals surface area contributed by atoms with Crippen LogP contribution in [0.15, 0.2) is 16.5 Å². The smallest absolute Gasteiger partial charge is 0.320 e. The highest BCUT2D eigenvalue weighted by Gasteiger charge is 2.18. The van der Waals surface area contributed by atoms with Gasteiger partial charge in [0, 0.05) is 0 Å². The molecule has 0 spiro atoms. The van der Waals surface area contributed by atoms with Crippen molar-refractivity contribution in [1.82, 2.24) is 4.90 Å². The lowest BCUT2D eigenvalue weighted by molar-refractivity contribution is -0.142. The molecule has 0 saturated carbocycles. The van der Waals surface area contributed by atoms with Crippen LogP contribution in [0.3, 0.4) is 0 Å². The van der Waals surface area contributed by atoms with E-state index >= 15 is 0 Å². The predicted molar refractivity (Wildman–Crippen MR) is 64.6 cm³/mol. The summed E-state index contributed by atoms with van der Waals surface area (Å²) in [7, 11) is 1.66. The molecule has 1 heterocycles. The summed E-state index contributed by atoms with van der Waals surface area (Å²) in [6.45, 7) is 1.89. The Morgan fingerprint density at radius 2 is 2.11 bits per heavy atom. The van der Waals surface area contributed by atoms with Gasteiger partial charge in [-0.05, 0) is 26.1 Å². The summed E-state index contributed by atoms with van der Waals surface area (Å²) >= 11 is 0.493. The average molecular weight is 279 g/mol. The van der Waals surface area contributed by atoms with E-state index in [1.165, 1.54) is 0 Å². The average Bonchev–Trinajstić information content (AvgIpc) is 2.72. The molecular formula is C11H15F2NO3S. The number of aliphatic carboxylic acids is 1. The van der Waals surface area contributed by atoms with Gasteiger partial charge in [0.1, 0.15) is 17.6 Å². The predicted octanol–water partition coefficient (Wildman–Crippen LogP) is 2.64. The van der Waals surface area contributed by atoms with Crippen LogP contribution < -0.4 is 0 Å². The maximum absolute atomic E-state index is 12.0. The van der Waals surface area contributed by atoms with E-state index in [2.05, 4.69) is 0 Å². The summed E-state index contributed by atoms with van der Waals surface area (Å²) in [5.74, 6) is -2.21. The van der Waals surface area contributed by atoms with Crippen molar-refractivity contribution in [1.29, 1.82) is 0 Å². The van der Waals surface area contributed by atoms with E-state index in [9.17, 15) is 13.6 Å². The van der Waals surface area contributed by atoms with Crippen LogP contribution in [-0.2, 0) is 17.1 Å². The largest absolute Gasteiger partial charge is 0.480 e. The summed E-state index contributed by atoms with van der Waals surface area (Å²) in [6, 6.07) is 2.67. The first kappa shape index (κ1) is 15.0.